The quantitative estimate of drug-likeness (QED) is 0.0353. The number of rotatable bonds is 31. The standard InChI is InChI=1S/C44H70N5O10P/c1-5-6-7-8-9-10-11-12-13-14-15-16-17-18-19-20-25-54-29-36(55-28-34-21-22-35(27-45)39(26-34)58-33(2)3)30-56-60(52,53)57-31-44(4)42(51)40(50)41(59-44)37-23-24-38-43(46)47-32-48-49(37)38/h21-24,26,32-33,36,40-42,50-51H,5-20,25,28-31H2,1-4H3,(H,52,53)(H2,46,47,48)/t36-,40+,41+,42+,44-/m1/s1. The van der Waals surface area contributed by atoms with Crippen molar-refractivity contribution in [1.29, 1.82) is 5.26 Å². The number of hydrogen-bond acceptors (Lipinski definition) is 13. The molecule has 3 heterocycles. The fraction of sp³-hybridized carbons (Fsp3) is 0.705. The highest BCUT2D eigenvalue weighted by molar-refractivity contribution is 7.47. The summed E-state index contributed by atoms with van der Waals surface area (Å²) in [6, 6.07) is 10.6. The summed E-state index contributed by atoms with van der Waals surface area (Å²) >= 11 is 0. The van der Waals surface area contributed by atoms with Gasteiger partial charge in [0.1, 0.15) is 53.7 Å². The number of nitrogen functional groups attached to an aromatic ring is 1. The Bertz CT molecular complexity index is 1790. The smallest absolute Gasteiger partial charge is 0.472 e. The first-order chi connectivity index (χ1) is 28.9. The van der Waals surface area contributed by atoms with Crippen LogP contribution in [0, 0.1) is 11.3 Å². The average Bonchev–Trinajstić information content (AvgIpc) is 3.75. The number of anilines is 1. The molecule has 1 aromatic carbocycles. The van der Waals surface area contributed by atoms with E-state index in [-0.39, 0.29) is 31.7 Å². The molecule has 0 spiro atoms. The number of aliphatic hydroxyl groups excluding tert-OH is 2. The highest BCUT2D eigenvalue weighted by Gasteiger charge is 2.53. The van der Waals surface area contributed by atoms with E-state index >= 15 is 0 Å². The molecule has 0 aliphatic carbocycles. The topological polar surface area (TPSA) is 213 Å². The number of hydrogen-bond donors (Lipinski definition) is 4. The Morgan fingerprint density at radius 2 is 1.57 bits per heavy atom. The lowest BCUT2D eigenvalue weighted by molar-refractivity contribution is -0.102. The molecule has 0 saturated carbocycles. The lowest BCUT2D eigenvalue weighted by atomic mass is 9.97. The van der Waals surface area contributed by atoms with E-state index in [1.807, 2.05) is 13.8 Å². The number of ether oxygens (including phenoxy) is 4. The second-order valence-electron chi connectivity index (χ2n) is 16.4. The Kier molecular flexibility index (Phi) is 21.2. The van der Waals surface area contributed by atoms with E-state index in [1.54, 1.807) is 30.3 Å². The van der Waals surface area contributed by atoms with Gasteiger partial charge in [-0.2, -0.15) is 10.4 Å². The summed E-state index contributed by atoms with van der Waals surface area (Å²) in [5.41, 5.74) is 6.39. The zero-order valence-corrected chi connectivity index (χ0v) is 37.1. The van der Waals surface area contributed by atoms with Gasteiger partial charge < -0.3 is 39.8 Å². The molecule has 2 aromatic heterocycles. The lowest BCUT2D eigenvalue weighted by Gasteiger charge is -2.28. The van der Waals surface area contributed by atoms with Gasteiger partial charge in [0.05, 0.1) is 43.8 Å². The molecule has 0 bridgehead atoms. The van der Waals surface area contributed by atoms with Gasteiger partial charge in [-0.25, -0.2) is 14.1 Å². The lowest BCUT2D eigenvalue weighted by Crippen LogP contribution is -2.44. The number of benzene rings is 1. The molecule has 6 atom stereocenters. The third-order valence-corrected chi connectivity index (χ3v) is 11.8. The summed E-state index contributed by atoms with van der Waals surface area (Å²) in [7, 11) is -4.73. The minimum Gasteiger partial charge on any atom is -0.490 e. The molecule has 60 heavy (non-hydrogen) atoms. The number of aliphatic hydroxyl groups is 2. The summed E-state index contributed by atoms with van der Waals surface area (Å²) < 4.78 is 49.4. The van der Waals surface area contributed by atoms with Gasteiger partial charge in [0, 0.05) is 6.61 Å². The van der Waals surface area contributed by atoms with Crippen LogP contribution in [-0.4, -0.2) is 86.1 Å². The Morgan fingerprint density at radius 1 is 0.933 bits per heavy atom. The SMILES string of the molecule is CCCCCCCCCCCCCCCCCCOC[C@H](COP(=O)(O)OC[C@@]1(C)O[C@@H](c2ccc3c(N)ncnn23)[C@H](O)[C@@H]1O)OCc1ccc(C#N)c(OC(C)C)c1. The number of nitrogens with two attached hydrogens (primary N) is 1. The number of nitriles is 1. The number of unbranched alkanes of at least 4 members (excludes halogenated alkanes) is 15. The van der Waals surface area contributed by atoms with E-state index in [9.17, 15) is 24.9 Å². The Hall–Kier alpha value is -3.16. The zero-order chi connectivity index (χ0) is 43.4. The molecule has 336 valence electrons. The van der Waals surface area contributed by atoms with Crippen LogP contribution in [0.15, 0.2) is 36.7 Å². The second-order valence-corrected chi connectivity index (χ2v) is 17.9. The van der Waals surface area contributed by atoms with E-state index in [1.165, 1.54) is 101 Å². The monoisotopic (exact) mass is 859 g/mol. The van der Waals surface area contributed by atoms with Crippen LogP contribution in [0.1, 0.15) is 153 Å². The number of fused-ring (bicyclic) bond motifs is 1. The van der Waals surface area contributed by atoms with Gasteiger partial charge in [0.15, 0.2) is 5.82 Å². The van der Waals surface area contributed by atoms with Gasteiger partial charge in [-0.05, 0) is 57.0 Å². The Balaban J connectivity index is 1.22. The third-order valence-electron chi connectivity index (χ3n) is 10.9. The number of aromatic nitrogens is 3. The largest absolute Gasteiger partial charge is 0.490 e. The molecule has 1 fully saturated rings. The van der Waals surface area contributed by atoms with Gasteiger partial charge in [-0.3, -0.25) is 9.05 Å². The van der Waals surface area contributed by atoms with Crippen molar-refractivity contribution in [2.24, 2.45) is 0 Å². The van der Waals surface area contributed by atoms with E-state index in [2.05, 4.69) is 23.1 Å². The van der Waals surface area contributed by atoms with Crippen molar-refractivity contribution in [3.05, 3.63) is 53.5 Å². The summed E-state index contributed by atoms with van der Waals surface area (Å²) in [5, 5.41) is 35.6. The highest BCUT2D eigenvalue weighted by atomic mass is 31.2. The van der Waals surface area contributed by atoms with Crippen molar-refractivity contribution < 1.29 is 47.7 Å². The molecule has 1 saturated heterocycles. The number of nitrogens with zero attached hydrogens (tertiary/aromatic N) is 4. The van der Waals surface area contributed by atoms with Gasteiger partial charge >= 0.3 is 7.82 Å². The normalized spacial score (nSPS) is 20.8. The van der Waals surface area contributed by atoms with Crippen LogP contribution in [0.2, 0.25) is 0 Å². The van der Waals surface area contributed by atoms with Crippen molar-refractivity contribution in [2.45, 2.75) is 173 Å². The molecule has 5 N–H and O–H groups in total. The maximum Gasteiger partial charge on any atom is 0.472 e. The maximum absolute atomic E-state index is 13.2. The van der Waals surface area contributed by atoms with E-state index in [0.29, 0.717) is 29.1 Å². The average molecular weight is 860 g/mol. The maximum atomic E-state index is 13.2. The second kappa shape index (κ2) is 25.7. The van der Waals surface area contributed by atoms with E-state index in [4.69, 9.17) is 33.7 Å². The fourth-order valence-corrected chi connectivity index (χ4v) is 8.20. The summed E-state index contributed by atoms with van der Waals surface area (Å²) in [6.07, 6.45) is 16.9. The minimum atomic E-state index is -4.73. The molecular weight excluding hydrogens is 789 g/mol. The van der Waals surface area contributed by atoms with Crippen LogP contribution in [0.4, 0.5) is 5.82 Å². The molecule has 15 nitrogen and oxygen atoms in total. The predicted molar refractivity (Wildman–Crippen MR) is 229 cm³/mol. The number of phosphoric ester groups is 1. The molecule has 3 aromatic rings. The highest BCUT2D eigenvalue weighted by Crippen LogP contribution is 2.47. The van der Waals surface area contributed by atoms with Crippen LogP contribution in [-0.2, 0) is 34.4 Å². The molecule has 16 heteroatoms. The van der Waals surface area contributed by atoms with Gasteiger partial charge in [-0.1, -0.05) is 109 Å². The molecule has 4 rings (SSSR count). The van der Waals surface area contributed by atoms with Crippen molar-refractivity contribution in [2.75, 3.05) is 32.2 Å². The first-order valence-electron chi connectivity index (χ1n) is 22.0. The Labute approximate surface area is 356 Å². The minimum absolute atomic E-state index is 0.0928. The molecule has 1 aliphatic heterocycles. The number of phosphoric acid groups is 1. The van der Waals surface area contributed by atoms with E-state index < -0.39 is 44.4 Å². The third kappa shape index (κ3) is 15.9. The Morgan fingerprint density at radius 3 is 2.18 bits per heavy atom. The molecule has 1 aliphatic rings. The van der Waals surface area contributed by atoms with Gasteiger partial charge in [0.25, 0.3) is 0 Å². The first kappa shape index (κ1) is 49.5. The van der Waals surface area contributed by atoms with Crippen molar-refractivity contribution >= 4 is 19.2 Å². The van der Waals surface area contributed by atoms with Crippen LogP contribution >= 0.6 is 7.82 Å². The molecule has 0 radical (unpaired) electrons. The van der Waals surface area contributed by atoms with E-state index in [0.717, 1.165) is 24.8 Å². The predicted octanol–water partition coefficient (Wildman–Crippen LogP) is 8.52. The zero-order valence-electron chi connectivity index (χ0n) is 36.2. The molecule has 1 unspecified atom stereocenters. The molecular formula is C44H70N5O10P. The summed E-state index contributed by atoms with van der Waals surface area (Å²) in [5.74, 6) is 0.664. The van der Waals surface area contributed by atoms with Crippen LogP contribution < -0.4 is 10.5 Å². The summed E-state index contributed by atoms with van der Waals surface area (Å²) in [4.78, 5) is 14.7. The van der Waals surface area contributed by atoms with Gasteiger partial charge in [0.2, 0.25) is 0 Å². The van der Waals surface area contributed by atoms with Crippen molar-refractivity contribution in [3.63, 3.8) is 0 Å². The first-order valence-corrected chi connectivity index (χ1v) is 23.5. The molecule has 0 amide bonds. The van der Waals surface area contributed by atoms with Crippen LogP contribution in [0.5, 0.6) is 5.75 Å². The van der Waals surface area contributed by atoms with Crippen molar-refractivity contribution in [1.82, 2.24) is 14.6 Å². The van der Waals surface area contributed by atoms with Crippen LogP contribution in [0.25, 0.3) is 5.52 Å². The fourth-order valence-electron chi connectivity index (χ4n) is 7.35. The van der Waals surface area contributed by atoms with Crippen LogP contribution in [0.3, 0.4) is 0 Å². The summed E-state index contributed by atoms with van der Waals surface area (Å²) in [6.45, 7) is 7.24. The van der Waals surface area contributed by atoms with Gasteiger partial charge in [-0.15, -0.1) is 0 Å². The van der Waals surface area contributed by atoms with Crippen molar-refractivity contribution in [3.8, 4) is 11.8 Å².